The van der Waals surface area contributed by atoms with Gasteiger partial charge in [-0.25, -0.2) is 4.98 Å². The van der Waals surface area contributed by atoms with Gasteiger partial charge in [-0.1, -0.05) is 26.0 Å². The minimum atomic E-state index is -1.25. The minimum Gasteiger partial charge on any atom is -0.548 e. The number of carboxylic acids is 1. The lowest BCUT2D eigenvalue weighted by Gasteiger charge is -2.30. The van der Waals surface area contributed by atoms with E-state index in [0.29, 0.717) is 36.2 Å². The molecule has 2 aromatic rings. The molecule has 3 rings (SSSR count). The monoisotopic (exact) mass is 384 g/mol. The molecule has 7 nitrogen and oxygen atoms in total. The van der Waals surface area contributed by atoms with E-state index < -0.39 is 12.0 Å². The minimum absolute atomic E-state index is 0.0424. The van der Waals surface area contributed by atoms with Gasteiger partial charge in [0.1, 0.15) is 0 Å². The zero-order chi connectivity index (χ0) is 20.3. The normalized spacial score (nSPS) is 20.8. The number of para-hydroxylation sites is 1. The van der Waals surface area contributed by atoms with Crippen LogP contribution < -0.4 is 16.0 Å². The molecule has 1 fully saturated rings. The van der Waals surface area contributed by atoms with Crippen molar-refractivity contribution < 1.29 is 14.7 Å². The van der Waals surface area contributed by atoms with Crippen LogP contribution in [-0.4, -0.2) is 27.5 Å². The number of aromatic nitrogens is 2. The van der Waals surface area contributed by atoms with E-state index in [-0.39, 0.29) is 23.3 Å². The van der Waals surface area contributed by atoms with Gasteiger partial charge < -0.3 is 15.2 Å². The summed E-state index contributed by atoms with van der Waals surface area (Å²) in [6.07, 6.45) is 4.59. The first-order valence-corrected chi connectivity index (χ1v) is 9.82. The topological polar surface area (TPSA) is 104 Å². The summed E-state index contributed by atoms with van der Waals surface area (Å²) < 4.78 is 1.65. The van der Waals surface area contributed by atoms with E-state index in [0.717, 1.165) is 12.8 Å². The number of hydrogen-bond acceptors (Lipinski definition) is 5. The fourth-order valence-electron chi connectivity index (χ4n) is 3.89. The summed E-state index contributed by atoms with van der Waals surface area (Å²) in [5.74, 6) is -1.58. The summed E-state index contributed by atoms with van der Waals surface area (Å²) in [5.41, 5.74) is 0.649. The maximum atomic E-state index is 12.6. The molecule has 0 bridgehead atoms. The number of benzene rings is 1. The first kappa shape index (κ1) is 20.0. The van der Waals surface area contributed by atoms with Gasteiger partial charge in [-0.05, 0) is 49.7 Å². The summed E-state index contributed by atoms with van der Waals surface area (Å²) in [6, 6.07) is 6.33. The molecule has 1 amide bonds. The Morgan fingerprint density at radius 1 is 1.21 bits per heavy atom. The molecular formula is C21H26N3O4-. The Bertz CT molecular complexity index is 913. The molecule has 0 aliphatic heterocycles. The van der Waals surface area contributed by atoms with Crippen molar-refractivity contribution in [1.29, 1.82) is 0 Å². The van der Waals surface area contributed by atoms with Gasteiger partial charge in [0.15, 0.2) is 0 Å². The number of nitrogens with zero attached hydrogens (tertiary/aromatic N) is 2. The van der Waals surface area contributed by atoms with Crippen LogP contribution in [-0.2, 0) is 16.1 Å². The number of hydrogen-bond donors (Lipinski definition) is 1. The highest BCUT2D eigenvalue weighted by Crippen LogP contribution is 2.30. The predicted molar refractivity (Wildman–Crippen MR) is 103 cm³/mol. The molecule has 1 aliphatic carbocycles. The highest BCUT2D eigenvalue weighted by atomic mass is 16.4. The second-order valence-electron chi connectivity index (χ2n) is 7.99. The molecule has 7 heteroatoms. The van der Waals surface area contributed by atoms with Crippen LogP contribution in [0.25, 0.3) is 10.9 Å². The van der Waals surface area contributed by atoms with Crippen LogP contribution in [0.3, 0.4) is 0 Å². The third-order valence-electron chi connectivity index (χ3n) is 5.62. The number of rotatable bonds is 6. The smallest absolute Gasteiger partial charge is 0.261 e. The Labute approximate surface area is 163 Å². The molecule has 0 radical (unpaired) electrons. The highest BCUT2D eigenvalue weighted by molar-refractivity contribution is 5.84. The summed E-state index contributed by atoms with van der Waals surface area (Å²) in [7, 11) is 0. The van der Waals surface area contributed by atoms with Crippen molar-refractivity contribution >= 4 is 22.8 Å². The number of carbonyl (C=O) groups is 2. The summed E-state index contributed by atoms with van der Waals surface area (Å²) >= 11 is 0. The molecule has 28 heavy (non-hydrogen) atoms. The molecule has 1 aromatic heterocycles. The van der Waals surface area contributed by atoms with Crippen molar-refractivity contribution in [3.05, 3.63) is 40.9 Å². The first-order chi connectivity index (χ1) is 13.4. The van der Waals surface area contributed by atoms with E-state index in [1.54, 1.807) is 30.8 Å². The van der Waals surface area contributed by atoms with E-state index in [1.807, 2.05) is 18.2 Å². The zero-order valence-electron chi connectivity index (χ0n) is 16.3. The lowest BCUT2D eigenvalue weighted by Crippen LogP contribution is -2.52. The van der Waals surface area contributed by atoms with E-state index >= 15 is 0 Å². The molecule has 0 unspecified atom stereocenters. The van der Waals surface area contributed by atoms with Crippen LogP contribution in [0.4, 0.5) is 0 Å². The van der Waals surface area contributed by atoms with Gasteiger partial charge >= 0.3 is 0 Å². The van der Waals surface area contributed by atoms with Crippen LogP contribution in [0.1, 0.15) is 39.5 Å². The summed E-state index contributed by atoms with van der Waals surface area (Å²) in [4.78, 5) is 40.6. The fraction of sp³-hybridized carbons (Fsp3) is 0.524. The third kappa shape index (κ3) is 4.40. The molecule has 1 aliphatic rings. The van der Waals surface area contributed by atoms with Gasteiger partial charge in [0.2, 0.25) is 5.91 Å². The molecule has 1 N–H and O–H groups in total. The molecule has 150 valence electrons. The Morgan fingerprint density at radius 2 is 1.89 bits per heavy atom. The van der Waals surface area contributed by atoms with Crippen LogP contribution in [0.2, 0.25) is 0 Å². The van der Waals surface area contributed by atoms with E-state index in [9.17, 15) is 19.5 Å². The van der Waals surface area contributed by atoms with Crippen LogP contribution >= 0.6 is 0 Å². The van der Waals surface area contributed by atoms with Gasteiger partial charge in [0.25, 0.3) is 5.56 Å². The Kier molecular flexibility index (Phi) is 6.11. The van der Waals surface area contributed by atoms with Gasteiger partial charge in [0, 0.05) is 12.5 Å². The molecule has 0 saturated heterocycles. The average Bonchev–Trinajstić information content (AvgIpc) is 2.68. The molecule has 1 heterocycles. The second kappa shape index (κ2) is 8.54. The number of fused-ring (bicyclic) bond motifs is 1. The van der Waals surface area contributed by atoms with E-state index in [2.05, 4.69) is 10.3 Å². The fourth-order valence-corrected chi connectivity index (χ4v) is 3.89. The van der Waals surface area contributed by atoms with Gasteiger partial charge in [-0.15, -0.1) is 0 Å². The van der Waals surface area contributed by atoms with Gasteiger partial charge in [-0.3, -0.25) is 14.2 Å². The largest absolute Gasteiger partial charge is 0.548 e. The van der Waals surface area contributed by atoms with Crippen molar-refractivity contribution in [2.24, 2.45) is 17.8 Å². The van der Waals surface area contributed by atoms with Crippen LogP contribution in [0, 0.1) is 17.8 Å². The van der Waals surface area contributed by atoms with Crippen molar-refractivity contribution in [2.45, 2.75) is 52.1 Å². The Balaban J connectivity index is 1.59. The molecule has 1 atom stereocenters. The lowest BCUT2D eigenvalue weighted by atomic mass is 9.81. The average molecular weight is 384 g/mol. The van der Waals surface area contributed by atoms with Crippen LogP contribution in [0.5, 0.6) is 0 Å². The quantitative estimate of drug-likeness (QED) is 0.803. The predicted octanol–water partition coefficient (Wildman–Crippen LogP) is 1.09. The maximum absolute atomic E-state index is 12.6. The standard InChI is InChI=1S/C21H27N3O4/c1-13(2)18(21(27)28)23-19(25)15-9-7-14(8-10-15)11-24-12-22-17-6-4-3-5-16(17)20(24)26/h3-6,12-15,18H,7-11H2,1-2H3,(H,23,25)(H,27,28)/p-1/t14?,15?,18-/m0/s1. The molecule has 1 saturated carbocycles. The summed E-state index contributed by atoms with van der Waals surface area (Å²) in [5, 5.41) is 14.4. The zero-order valence-corrected chi connectivity index (χ0v) is 16.3. The number of carboxylic acid groups (broad SMARTS) is 1. The maximum Gasteiger partial charge on any atom is 0.261 e. The number of nitrogens with one attached hydrogen (secondary N) is 1. The van der Waals surface area contributed by atoms with Crippen LogP contribution in [0.15, 0.2) is 35.4 Å². The van der Waals surface area contributed by atoms with Crippen molar-refractivity contribution in [3.8, 4) is 0 Å². The highest BCUT2D eigenvalue weighted by Gasteiger charge is 2.29. The lowest BCUT2D eigenvalue weighted by molar-refractivity contribution is -0.309. The SMILES string of the molecule is CC(C)[C@H](NC(=O)C1CCC(Cn2cnc3ccccc3c2=O)CC1)C(=O)[O-]. The van der Waals surface area contributed by atoms with Crippen molar-refractivity contribution in [3.63, 3.8) is 0 Å². The number of aliphatic carboxylic acids is 1. The summed E-state index contributed by atoms with van der Waals surface area (Å²) in [6.45, 7) is 4.07. The van der Waals surface area contributed by atoms with Crippen molar-refractivity contribution in [2.75, 3.05) is 0 Å². The first-order valence-electron chi connectivity index (χ1n) is 9.82. The number of carbonyl (C=O) groups excluding carboxylic acids is 2. The molecular weight excluding hydrogens is 358 g/mol. The third-order valence-corrected chi connectivity index (χ3v) is 5.62. The van der Waals surface area contributed by atoms with Gasteiger partial charge in [0.05, 0.1) is 29.2 Å². The molecule has 0 spiro atoms. The van der Waals surface area contributed by atoms with Crippen molar-refractivity contribution in [1.82, 2.24) is 14.9 Å². The Morgan fingerprint density at radius 3 is 2.54 bits per heavy atom. The Hall–Kier alpha value is -2.70. The van der Waals surface area contributed by atoms with E-state index in [4.69, 9.17) is 0 Å². The molecule has 1 aromatic carbocycles. The number of amides is 1. The second-order valence-corrected chi connectivity index (χ2v) is 7.99. The van der Waals surface area contributed by atoms with Gasteiger partial charge in [-0.2, -0.15) is 0 Å². The van der Waals surface area contributed by atoms with E-state index in [1.165, 1.54) is 0 Å².